The Morgan fingerprint density at radius 1 is 0.967 bits per heavy atom. The molecule has 0 amide bonds. The number of aryl methyl sites for hydroxylation is 1. The first-order valence-corrected chi connectivity index (χ1v) is 10.3. The van der Waals surface area contributed by atoms with Crippen LogP contribution in [0.1, 0.15) is 30.9 Å². The number of hydrogen-bond acceptors (Lipinski definition) is 2. The highest BCUT2D eigenvalue weighted by Crippen LogP contribution is 2.34. The molecule has 30 heavy (non-hydrogen) atoms. The number of carboxylic acid groups (broad SMARTS) is 1. The summed E-state index contributed by atoms with van der Waals surface area (Å²) in [6.45, 7) is 2.17. The zero-order valence-electron chi connectivity index (χ0n) is 17.0. The molecule has 4 rings (SSSR count). The van der Waals surface area contributed by atoms with Crippen molar-refractivity contribution in [3.63, 3.8) is 0 Å². The SMILES string of the molecule is CCCCc1ccc2[nH]c(-c3cccc(Oc4ccccc4)c3)c(CC(=O)O)c2c1. The van der Waals surface area contributed by atoms with Crippen LogP contribution in [0, 0.1) is 0 Å². The lowest BCUT2D eigenvalue weighted by Gasteiger charge is -2.08. The van der Waals surface area contributed by atoms with Gasteiger partial charge in [-0.1, -0.05) is 49.7 Å². The molecule has 0 saturated heterocycles. The molecule has 4 aromatic rings. The monoisotopic (exact) mass is 399 g/mol. The van der Waals surface area contributed by atoms with E-state index in [2.05, 4.69) is 30.1 Å². The molecule has 0 bridgehead atoms. The van der Waals surface area contributed by atoms with Crippen molar-refractivity contribution in [2.45, 2.75) is 32.6 Å². The van der Waals surface area contributed by atoms with Crippen molar-refractivity contribution in [2.24, 2.45) is 0 Å². The molecule has 0 spiro atoms. The molecule has 0 atom stereocenters. The third-order valence-electron chi connectivity index (χ3n) is 5.22. The van der Waals surface area contributed by atoms with Crippen LogP contribution in [0.4, 0.5) is 0 Å². The number of nitrogens with one attached hydrogen (secondary N) is 1. The Kier molecular flexibility index (Phi) is 5.84. The molecule has 0 unspecified atom stereocenters. The van der Waals surface area contributed by atoms with Crippen LogP contribution in [0.15, 0.2) is 72.8 Å². The van der Waals surface area contributed by atoms with Gasteiger partial charge in [0.2, 0.25) is 0 Å². The van der Waals surface area contributed by atoms with Crippen molar-refractivity contribution >= 4 is 16.9 Å². The Morgan fingerprint density at radius 2 is 1.77 bits per heavy atom. The summed E-state index contributed by atoms with van der Waals surface area (Å²) in [7, 11) is 0. The van der Waals surface area contributed by atoms with Crippen LogP contribution in [0.3, 0.4) is 0 Å². The lowest BCUT2D eigenvalue weighted by Crippen LogP contribution is -2.01. The molecule has 4 nitrogen and oxygen atoms in total. The highest BCUT2D eigenvalue weighted by Gasteiger charge is 2.17. The van der Waals surface area contributed by atoms with Gasteiger partial charge in [0.05, 0.1) is 12.1 Å². The fourth-order valence-electron chi connectivity index (χ4n) is 3.75. The summed E-state index contributed by atoms with van der Waals surface area (Å²) in [4.78, 5) is 15.1. The number of benzene rings is 3. The molecule has 0 fully saturated rings. The van der Waals surface area contributed by atoms with Crippen molar-refractivity contribution in [1.82, 2.24) is 4.98 Å². The van der Waals surface area contributed by atoms with Gasteiger partial charge in [-0.25, -0.2) is 0 Å². The second kappa shape index (κ2) is 8.87. The third-order valence-corrected chi connectivity index (χ3v) is 5.22. The number of hydrogen-bond donors (Lipinski definition) is 2. The third kappa shape index (κ3) is 4.38. The molecule has 0 aliphatic heterocycles. The van der Waals surface area contributed by atoms with Crippen LogP contribution in [0.2, 0.25) is 0 Å². The van der Waals surface area contributed by atoms with Gasteiger partial charge in [-0.05, 0) is 60.4 Å². The summed E-state index contributed by atoms with van der Waals surface area (Å²) >= 11 is 0. The average Bonchev–Trinajstić information content (AvgIpc) is 3.10. The van der Waals surface area contributed by atoms with Crippen LogP contribution in [-0.4, -0.2) is 16.1 Å². The molecule has 1 heterocycles. The maximum Gasteiger partial charge on any atom is 0.307 e. The number of H-pyrrole nitrogens is 1. The van der Waals surface area contributed by atoms with Crippen molar-refractivity contribution in [3.8, 4) is 22.8 Å². The van der Waals surface area contributed by atoms with E-state index in [4.69, 9.17) is 4.74 Å². The van der Waals surface area contributed by atoms with Crippen molar-refractivity contribution in [2.75, 3.05) is 0 Å². The minimum absolute atomic E-state index is 0.0314. The quantitative estimate of drug-likeness (QED) is 0.351. The molecule has 2 N–H and O–H groups in total. The van der Waals surface area contributed by atoms with E-state index in [9.17, 15) is 9.90 Å². The van der Waals surface area contributed by atoms with Crippen LogP contribution < -0.4 is 4.74 Å². The van der Waals surface area contributed by atoms with Gasteiger partial charge in [0.15, 0.2) is 0 Å². The van der Waals surface area contributed by atoms with Gasteiger partial charge in [-0.3, -0.25) is 4.79 Å². The fraction of sp³-hybridized carbons (Fsp3) is 0.192. The molecular formula is C26H25NO3. The highest BCUT2D eigenvalue weighted by atomic mass is 16.5. The van der Waals surface area contributed by atoms with E-state index >= 15 is 0 Å². The van der Waals surface area contributed by atoms with E-state index in [0.29, 0.717) is 5.75 Å². The van der Waals surface area contributed by atoms with Gasteiger partial charge >= 0.3 is 5.97 Å². The number of rotatable bonds is 8. The number of ether oxygens (including phenoxy) is 1. The normalized spacial score (nSPS) is 11.0. The summed E-state index contributed by atoms with van der Waals surface area (Å²) in [5, 5.41) is 10.5. The van der Waals surface area contributed by atoms with Gasteiger partial charge in [-0.2, -0.15) is 0 Å². The summed E-state index contributed by atoms with van der Waals surface area (Å²) in [6.07, 6.45) is 3.22. The number of aromatic nitrogens is 1. The number of unbranched alkanes of at least 4 members (excludes halogenated alkanes) is 1. The van der Waals surface area contributed by atoms with E-state index < -0.39 is 5.97 Å². The predicted molar refractivity (Wildman–Crippen MR) is 120 cm³/mol. The minimum atomic E-state index is -0.840. The largest absolute Gasteiger partial charge is 0.481 e. The smallest absolute Gasteiger partial charge is 0.307 e. The molecule has 3 aromatic carbocycles. The first-order valence-electron chi connectivity index (χ1n) is 10.3. The molecule has 0 saturated carbocycles. The Balaban J connectivity index is 1.75. The molecule has 0 aliphatic rings. The van der Waals surface area contributed by atoms with Crippen LogP contribution in [0.25, 0.3) is 22.2 Å². The Hall–Kier alpha value is -3.53. The summed E-state index contributed by atoms with van der Waals surface area (Å²) in [5.41, 5.74) is 4.75. The van der Waals surface area contributed by atoms with Gasteiger partial charge < -0.3 is 14.8 Å². The van der Waals surface area contributed by atoms with Crippen LogP contribution >= 0.6 is 0 Å². The van der Waals surface area contributed by atoms with Gasteiger partial charge in [0.25, 0.3) is 0 Å². The molecule has 4 heteroatoms. The molecule has 152 valence electrons. The standard InChI is InChI=1S/C26H25NO3/c1-2-3-8-18-13-14-24-22(15-18)23(17-25(28)29)26(27-24)19-9-7-12-21(16-19)30-20-10-5-4-6-11-20/h4-7,9-16,27H,2-3,8,17H2,1H3,(H,28,29). The lowest BCUT2D eigenvalue weighted by molar-refractivity contribution is -0.136. The number of carbonyl (C=O) groups is 1. The Labute approximate surface area is 176 Å². The van der Waals surface area contributed by atoms with E-state index in [1.807, 2.05) is 54.6 Å². The Bertz CT molecular complexity index is 1160. The Morgan fingerprint density at radius 3 is 2.53 bits per heavy atom. The highest BCUT2D eigenvalue weighted by molar-refractivity contribution is 5.94. The molecule has 0 radical (unpaired) electrons. The zero-order chi connectivity index (χ0) is 20.9. The maximum atomic E-state index is 11.6. The molecular weight excluding hydrogens is 374 g/mol. The summed E-state index contributed by atoms with van der Waals surface area (Å²) < 4.78 is 5.97. The van der Waals surface area contributed by atoms with Crippen LogP contribution in [-0.2, 0) is 17.6 Å². The minimum Gasteiger partial charge on any atom is -0.481 e. The number of carboxylic acids is 1. The second-order valence-corrected chi connectivity index (χ2v) is 7.48. The van der Waals surface area contributed by atoms with Gasteiger partial charge in [0.1, 0.15) is 11.5 Å². The van der Waals surface area contributed by atoms with E-state index in [1.165, 1.54) is 5.56 Å². The van der Waals surface area contributed by atoms with Gasteiger partial charge in [0, 0.05) is 16.5 Å². The van der Waals surface area contributed by atoms with Crippen molar-refractivity contribution < 1.29 is 14.6 Å². The fourth-order valence-corrected chi connectivity index (χ4v) is 3.75. The predicted octanol–water partition coefficient (Wildman–Crippen LogP) is 6.60. The topological polar surface area (TPSA) is 62.3 Å². The lowest BCUT2D eigenvalue weighted by atomic mass is 10.00. The van der Waals surface area contributed by atoms with Crippen molar-refractivity contribution in [3.05, 3.63) is 83.9 Å². The number of fused-ring (bicyclic) bond motifs is 1. The van der Waals surface area contributed by atoms with E-state index in [1.54, 1.807) is 0 Å². The number of aliphatic carboxylic acids is 1. The second-order valence-electron chi connectivity index (χ2n) is 7.48. The number of aromatic amines is 1. The summed E-state index contributed by atoms with van der Waals surface area (Å²) in [6, 6.07) is 23.7. The van der Waals surface area contributed by atoms with E-state index in [-0.39, 0.29) is 6.42 Å². The average molecular weight is 399 g/mol. The van der Waals surface area contributed by atoms with Gasteiger partial charge in [-0.15, -0.1) is 0 Å². The molecule has 1 aromatic heterocycles. The zero-order valence-corrected chi connectivity index (χ0v) is 17.0. The summed E-state index contributed by atoms with van der Waals surface area (Å²) in [5.74, 6) is 0.632. The van der Waals surface area contributed by atoms with E-state index in [0.717, 1.165) is 52.7 Å². The first-order chi connectivity index (χ1) is 14.6. The molecule has 0 aliphatic carbocycles. The van der Waals surface area contributed by atoms with Crippen molar-refractivity contribution in [1.29, 1.82) is 0 Å². The van der Waals surface area contributed by atoms with Crippen LogP contribution in [0.5, 0.6) is 11.5 Å². The maximum absolute atomic E-state index is 11.6. The first kappa shape index (κ1) is 19.8. The number of para-hydroxylation sites is 1.